The molecule has 0 amide bonds. The maximum Gasteiger partial charge on any atom is 0.198 e. The number of anilines is 2. The lowest BCUT2D eigenvalue weighted by atomic mass is 10.0. The Kier molecular flexibility index (Phi) is 5.93. The zero-order valence-corrected chi connectivity index (χ0v) is 17.1. The average molecular weight is 390 g/mol. The van der Waals surface area contributed by atoms with E-state index in [1.807, 2.05) is 68.4 Å². The summed E-state index contributed by atoms with van der Waals surface area (Å²) in [5.74, 6) is 1.70. The van der Waals surface area contributed by atoms with Crippen LogP contribution in [0.15, 0.2) is 59.6 Å². The Balaban J connectivity index is 1.93. The number of benzene rings is 3. The van der Waals surface area contributed by atoms with Crippen molar-refractivity contribution in [1.29, 1.82) is 0 Å². The Labute approximate surface area is 171 Å². The summed E-state index contributed by atoms with van der Waals surface area (Å²) in [6, 6.07) is 17.5. The Bertz CT molecular complexity index is 1020. The SMILES string of the molecule is COc1cc(OC)cc(-c2cc(C)c(N=C(N)Nc3cccc(C)c3)c(N)c2)c1. The Morgan fingerprint density at radius 1 is 0.897 bits per heavy atom. The van der Waals surface area contributed by atoms with E-state index in [1.54, 1.807) is 14.2 Å². The van der Waals surface area contributed by atoms with Crippen molar-refractivity contribution in [3.05, 3.63) is 65.7 Å². The van der Waals surface area contributed by atoms with Crippen LogP contribution in [0.4, 0.5) is 17.1 Å². The van der Waals surface area contributed by atoms with Crippen LogP contribution >= 0.6 is 0 Å². The third kappa shape index (κ3) is 4.79. The van der Waals surface area contributed by atoms with E-state index < -0.39 is 0 Å². The summed E-state index contributed by atoms with van der Waals surface area (Å²) >= 11 is 0. The zero-order chi connectivity index (χ0) is 21.0. The molecular weight excluding hydrogens is 364 g/mol. The summed E-state index contributed by atoms with van der Waals surface area (Å²) in [5, 5.41) is 3.10. The molecule has 0 saturated heterocycles. The number of rotatable bonds is 5. The van der Waals surface area contributed by atoms with E-state index in [1.165, 1.54) is 0 Å². The van der Waals surface area contributed by atoms with Crippen molar-refractivity contribution in [1.82, 2.24) is 0 Å². The Morgan fingerprint density at radius 2 is 1.55 bits per heavy atom. The van der Waals surface area contributed by atoms with Crippen molar-refractivity contribution in [3.8, 4) is 22.6 Å². The van der Waals surface area contributed by atoms with Gasteiger partial charge in [-0.05, 0) is 72.5 Å². The molecule has 0 unspecified atom stereocenters. The van der Waals surface area contributed by atoms with Gasteiger partial charge in [0.1, 0.15) is 11.5 Å². The van der Waals surface area contributed by atoms with Crippen LogP contribution in [0, 0.1) is 13.8 Å². The first-order valence-corrected chi connectivity index (χ1v) is 9.21. The molecule has 3 aromatic carbocycles. The number of nitrogens with one attached hydrogen (secondary N) is 1. The molecule has 0 spiro atoms. The summed E-state index contributed by atoms with van der Waals surface area (Å²) in [7, 11) is 3.25. The van der Waals surface area contributed by atoms with Crippen LogP contribution in [0.2, 0.25) is 0 Å². The van der Waals surface area contributed by atoms with Gasteiger partial charge in [-0.3, -0.25) is 0 Å². The minimum Gasteiger partial charge on any atom is -0.497 e. The lowest BCUT2D eigenvalue weighted by molar-refractivity contribution is 0.394. The maximum atomic E-state index is 6.31. The highest BCUT2D eigenvalue weighted by molar-refractivity contribution is 5.95. The summed E-state index contributed by atoms with van der Waals surface area (Å²) in [6.45, 7) is 3.98. The number of guanidine groups is 1. The van der Waals surface area contributed by atoms with Gasteiger partial charge in [0.25, 0.3) is 0 Å². The van der Waals surface area contributed by atoms with Crippen LogP contribution in [-0.2, 0) is 0 Å². The van der Waals surface area contributed by atoms with Crippen LogP contribution in [0.5, 0.6) is 11.5 Å². The highest BCUT2D eigenvalue weighted by Crippen LogP contribution is 2.35. The molecule has 0 atom stereocenters. The maximum absolute atomic E-state index is 6.31. The quantitative estimate of drug-likeness (QED) is 0.335. The molecule has 3 rings (SSSR count). The third-order valence-electron chi connectivity index (χ3n) is 4.54. The molecule has 0 aliphatic rings. The van der Waals surface area contributed by atoms with Crippen molar-refractivity contribution in [2.24, 2.45) is 10.7 Å². The molecule has 5 N–H and O–H groups in total. The van der Waals surface area contributed by atoms with Gasteiger partial charge < -0.3 is 26.3 Å². The van der Waals surface area contributed by atoms with Crippen molar-refractivity contribution >= 4 is 23.0 Å². The molecule has 0 aliphatic carbocycles. The molecule has 0 heterocycles. The number of nitrogens with two attached hydrogens (primary N) is 2. The van der Waals surface area contributed by atoms with Gasteiger partial charge in [-0.25, -0.2) is 4.99 Å². The Hall–Kier alpha value is -3.67. The zero-order valence-electron chi connectivity index (χ0n) is 17.1. The molecule has 3 aromatic rings. The second-order valence-electron chi connectivity index (χ2n) is 6.82. The number of hydrogen-bond donors (Lipinski definition) is 3. The molecule has 0 aliphatic heterocycles. The number of nitrogen functional groups attached to an aromatic ring is 1. The first-order chi connectivity index (χ1) is 13.9. The van der Waals surface area contributed by atoms with Crippen LogP contribution in [-0.4, -0.2) is 20.2 Å². The van der Waals surface area contributed by atoms with E-state index in [0.717, 1.165) is 27.9 Å². The van der Waals surface area contributed by atoms with Crippen molar-refractivity contribution < 1.29 is 9.47 Å². The topological polar surface area (TPSA) is 94.9 Å². The third-order valence-corrected chi connectivity index (χ3v) is 4.54. The van der Waals surface area contributed by atoms with Gasteiger partial charge in [0.15, 0.2) is 5.96 Å². The van der Waals surface area contributed by atoms with Crippen LogP contribution in [0.3, 0.4) is 0 Å². The standard InChI is InChI=1S/C23H26N4O2/c1-14-6-5-7-18(8-14)26-23(25)27-22-15(2)9-16(12-21(22)24)17-10-19(28-3)13-20(11-17)29-4/h5-13H,24H2,1-4H3,(H3,25,26,27). The Morgan fingerprint density at radius 3 is 2.14 bits per heavy atom. The van der Waals surface area contributed by atoms with Gasteiger partial charge >= 0.3 is 0 Å². The molecule has 0 aromatic heterocycles. The number of methoxy groups -OCH3 is 2. The summed E-state index contributed by atoms with van der Waals surface area (Å²) in [4.78, 5) is 4.49. The van der Waals surface area contributed by atoms with E-state index in [4.69, 9.17) is 20.9 Å². The summed E-state index contributed by atoms with van der Waals surface area (Å²) < 4.78 is 10.7. The minimum absolute atomic E-state index is 0.279. The first kappa shape index (κ1) is 20.1. The number of ether oxygens (including phenoxy) is 2. The van der Waals surface area contributed by atoms with E-state index >= 15 is 0 Å². The normalized spacial score (nSPS) is 11.2. The van der Waals surface area contributed by atoms with Crippen molar-refractivity contribution in [2.75, 3.05) is 25.3 Å². The van der Waals surface area contributed by atoms with E-state index in [-0.39, 0.29) is 5.96 Å². The average Bonchev–Trinajstić information content (AvgIpc) is 2.70. The largest absolute Gasteiger partial charge is 0.497 e. The van der Waals surface area contributed by atoms with Crippen molar-refractivity contribution in [2.45, 2.75) is 13.8 Å². The fourth-order valence-corrected chi connectivity index (χ4v) is 3.12. The van der Waals surface area contributed by atoms with Gasteiger partial charge in [0.2, 0.25) is 0 Å². The van der Waals surface area contributed by atoms with Crippen molar-refractivity contribution in [3.63, 3.8) is 0 Å². The first-order valence-electron chi connectivity index (χ1n) is 9.21. The molecule has 150 valence electrons. The second kappa shape index (κ2) is 8.56. The molecule has 0 bridgehead atoms. The lowest BCUT2D eigenvalue weighted by Crippen LogP contribution is -2.22. The van der Waals surface area contributed by atoms with Crippen LogP contribution in [0.1, 0.15) is 11.1 Å². The monoisotopic (exact) mass is 390 g/mol. The summed E-state index contributed by atoms with van der Waals surface area (Å²) in [6.07, 6.45) is 0. The number of aryl methyl sites for hydroxylation is 2. The predicted molar refractivity (Wildman–Crippen MR) is 120 cm³/mol. The molecule has 0 fully saturated rings. The fourth-order valence-electron chi connectivity index (χ4n) is 3.12. The van der Waals surface area contributed by atoms with Gasteiger partial charge in [-0.15, -0.1) is 0 Å². The molecule has 29 heavy (non-hydrogen) atoms. The molecule has 6 nitrogen and oxygen atoms in total. The fraction of sp³-hybridized carbons (Fsp3) is 0.174. The van der Waals surface area contributed by atoms with Crippen LogP contribution < -0.4 is 26.3 Å². The molecule has 0 saturated carbocycles. The van der Waals surface area contributed by atoms with Gasteiger partial charge in [0, 0.05) is 11.8 Å². The van der Waals surface area contributed by atoms with Gasteiger partial charge in [-0.2, -0.15) is 0 Å². The van der Waals surface area contributed by atoms with Crippen LogP contribution in [0.25, 0.3) is 11.1 Å². The van der Waals surface area contributed by atoms with E-state index in [0.29, 0.717) is 22.9 Å². The lowest BCUT2D eigenvalue weighted by Gasteiger charge is -2.13. The highest BCUT2D eigenvalue weighted by Gasteiger charge is 2.10. The van der Waals surface area contributed by atoms with E-state index in [2.05, 4.69) is 10.3 Å². The molecule has 6 heteroatoms. The number of nitrogens with zero attached hydrogens (tertiary/aromatic N) is 1. The smallest absolute Gasteiger partial charge is 0.198 e. The van der Waals surface area contributed by atoms with E-state index in [9.17, 15) is 0 Å². The molecular formula is C23H26N4O2. The number of aliphatic imine (C=N–C) groups is 1. The second-order valence-corrected chi connectivity index (χ2v) is 6.82. The summed E-state index contributed by atoms with van der Waals surface area (Å²) in [5.41, 5.74) is 18.4. The van der Waals surface area contributed by atoms with Gasteiger partial charge in [0.05, 0.1) is 25.6 Å². The number of hydrogen-bond acceptors (Lipinski definition) is 4. The molecule has 0 radical (unpaired) electrons. The minimum atomic E-state index is 0.279. The predicted octanol–water partition coefficient (Wildman–Crippen LogP) is 4.63. The highest BCUT2D eigenvalue weighted by atomic mass is 16.5. The van der Waals surface area contributed by atoms with Gasteiger partial charge in [-0.1, -0.05) is 12.1 Å².